The molecule has 0 aromatic rings. The van der Waals surface area contributed by atoms with Crippen molar-refractivity contribution in [3.05, 3.63) is 12.2 Å². The molecule has 10 heavy (non-hydrogen) atoms. The monoisotopic (exact) mass is 144 g/mol. The first kappa shape index (κ1) is 9.17. The van der Waals surface area contributed by atoms with E-state index >= 15 is 0 Å². The van der Waals surface area contributed by atoms with Gasteiger partial charge in [-0.3, -0.25) is 4.89 Å². The minimum atomic E-state index is -0.482. The second-order valence-corrected chi connectivity index (χ2v) is 1.73. The van der Waals surface area contributed by atoms with Crippen molar-refractivity contribution in [2.75, 3.05) is 6.61 Å². The van der Waals surface area contributed by atoms with E-state index < -0.39 is 5.97 Å². The second-order valence-electron chi connectivity index (χ2n) is 1.73. The van der Waals surface area contributed by atoms with E-state index in [2.05, 4.69) is 16.4 Å². The fourth-order valence-corrected chi connectivity index (χ4v) is 0.316. The number of rotatable bonds is 4. The minimum Gasteiger partial charge on any atom is -0.293 e. The highest BCUT2D eigenvalue weighted by molar-refractivity contribution is 5.87. The molecule has 0 aromatic heterocycles. The summed E-state index contributed by atoms with van der Waals surface area (Å²) in [6.45, 7) is 7.40. The average Bonchev–Trinajstić information content (AvgIpc) is 1.98. The third-order valence-electron chi connectivity index (χ3n) is 0.968. The van der Waals surface area contributed by atoms with Crippen molar-refractivity contribution >= 4 is 5.97 Å². The molecule has 0 saturated heterocycles. The zero-order valence-electron chi connectivity index (χ0n) is 6.35. The third-order valence-corrected chi connectivity index (χ3v) is 0.968. The van der Waals surface area contributed by atoms with Gasteiger partial charge in [-0.15, -0.1) is 0 Å². The summed E-state index contributed by atoms with van der Waals surface area (Å²) in [4.78, 5) is 19.4. The molecule has 0 aromatic carbocycles. The van der Waals surface area contributed by atoms with E-state index in [9.17, 15) is 4.79 Å². The first-order chi connectivity index (χ1) is 4.72. The number of carbonyl (C=O) groups is 1. The van der Waals surface area contributed by atoms with Gasteiger partial charge in [-0.1, -0.05) is 13.5 Å². The van der Waals surface area contributed by atoms with Crippen LogP contribution in [0.1, 0.15) is 20.3 Å². The van der Waals surface area contributed by atoms with Crippen LogP contribution in [0.4, 0.5) is 0 Å². The molecular formula is C7H12O3. The van der Waals surface area contributed by atoms with Crippen molar-refractivity contribution in [1.82, 2.24) is 0 Å². The Morgan fingerprint density at radius 2 is 2.10 bits per heavy atom. The van der Waals surface area contributed by atoms with E-state index in [1.807, 2.05) is 6.92 Å². The van der Waals surface area contributed by atoms with Crippen molar-refractivity contribution < 1.29 is 14.6 Å². The topological polar surface area (TPSA) is 35.5 Å². The van der Waals surface area contributed by atoms with Gasteiger partial charge < -0.3 is 0 Å². The van der Waals surface area contributed by atoms with Gasteiger partial charge in [0.2, 0.25) is 0 Å². The molecule has 3 nitrogen and oxygen atoms in total. The first-order valence-corrected chi connectivity index (χ1v) is 3.23. The Bertz CT molecular complexity index is 129. The van der Waals surface area contributed by atoms with Crippen molar-refractivity contribution in [3.8, 4) is 0 Å². The molecule has 0 spiro atoms. The standard InChI is InChI=1S/C7H12O3/c1-4-6(3)7(8)10-9-5-2/h3-5H2,1-2H3. The van der Waals surface area contributed by atoms with Crippen LogP contribution >= 0.6 is 0 Å². The molecule has 58 valence electrons. The van der Waals surface area contributed by atoms with E-state index in [-0.39, 0.29) is 0 Å². The predicted molar refractivity (Wildman–Crippen MR) is 37.1 cm³/mol. The van der Waals surface area contributed by atoms with Crippen LogP contribution in [0.3, 0.4) is 0 Å². The SMILES string of the molecule is C=C(CC)C(=O)OOCC. The van der Waals surface area contributed by atoms with Crippen molar-refractivity contribution in [2.45, 2.75) is 20.3 Å². The highest BCUT2D eigenvalue weighted by atomic mass is 17.2. The van der Waals surface area contributed by atoms with Gasteiger partial charge in [0, 0.05) is 5.57 Å². The smallest absolute Gasteiger partial charge is 0.293 e. The summed E-state index contributed by atoms with van der Waals surface area (Å²) in [7, 11) is 0. The molecule has 0 fully saturated rings. The normalized spacial score (nSPS) is 9.00. The molecule has 0 amide bonds. The van der Waals surface area contributed by atoms with E-state index in [4.69, 9.17) is 0 Å². The molecular weight excluding hydrogens is 132 g/mol. The van der Waals surface area contributed by atoms with Gasteiger partial charge in [0.15, 0.2) is 0 Å². The summed E-state index contributed by atoms with van der Waals surface area (Å²) in [5, 5.41) is 0. The summed E-state index contributed by atoms with van der Waals surface area (Å²) < 4.78 is 0. The maximum atomic E-state index is 10.7. The Balaban J connectivity index is 3.52. The maximum absolute atomic E-state index is 10.7. The van der Waals surface area contributed by atoms with E-state index in [1.54, 1.807) is 6.92 Å². The molecule has 0 bridgehead atoms. The molecule has 0 aliphatic heterocycles. The fraction of sp³-hybridized carbons (Fsp3) is 0.571. The summed E-state index contributed by atoms with van der Waals surface area (Å²) in [5.41, 5.74) is 0.424. The zero-order valence-corrected chi connectivity index (χ0v) is 6.35. The van der Waals surface area contributed by atoms with Crippen LogP contribution in [0, 0.1) is 0 Å². The van der Waals surface area contributed by atoms with Gasteiger partial charge in [-0.05, 0) is 13.3 Å². The third kappa shape index (κ3) is 3.25. The quantitative estimate of drug-likeness (QED) is 0.340. The zero-order chi connectivity index (χ0) is 7.98. The molecule has 0 rings (SSSR count). The van der Waals surface area contributed by atoms with Crippen LogP contribution in [0.5, 0.6) is 0 Å². The highest BCUT2D eigenvalue weighted by Crippen LogP contribution is 1.99. The molecule has 0 heterocycles. The van der Waals surface area contributed by atoms with Crippen LogP contribution in [0.2, 0.25) is 0 Å². The lowest BCUT2D eigenvalue weighted by Gasteiger charge is -2.00. The van der Waals surface area contributed by atoms with Gasteiger partial charge in [0.05, 0.1) is 6.61 Å². The molecule has 0 saturated carbocycles. The van der Waals surface area contributed by atoms with Crippen molar-refractivity contribution in [2.24, 2.45) is 0 Å². The molecule has 0 aliphatic carbocycles. The van der Waals surface area contributed by atoms with E-state index in [0.717, 1.165) is 0 Å². The van der Waals surface area contributed by atoms with Gasteiger partial charge >= 0.3 is 5.97 Å². The van der Waals surface area contributed by atoms with Crippen LogP contribution in [0.15, 0.2) is 12.2 Å². The predicted octanol–water partition coefficient (Wildman–Crippen LogP) is 1.45. The summed E-state index contributed by atoms with van der Waals surface area (Å²) in [6.07, 6.45) is 0.589. The van der Waals surface area contributed by atoms with Crippen molar-refractivity contribution in [1.29, 1.82) is 0 Å². The Kier molecular flexibility index (Phi) is 4.58. The summed E-state index contributed by atoms with van der Waals surface area (Å²) in [6, 6.07) is 0. The Hall–Kier alpha value is -0.830. The molecule has 0 atom stereocenters. The number of carbonyl (C=O) groups excluding carboxylic acids is 1. The van der Waals surface area contributed by atoms with Gasteiger partial charge in [0.25, 0.3) is 0 Å². The Morgan fingerprint density at radius 3 is 2.50 bits per heavy atom. The highest BCUT2D eigenvalue weighted by Gasteiger charge is 2.05. The lowest BCUT2D eigenvalue weighted by atomic mass is 10.2. The Labute approximate surface area is 60.6 Å². The van der Waals surface area contributed by atoms with Gasteiger partial charge in [-0.2, -0.15) is 4.89 Å². The molecule has 0 radical (unpaired) electrons. The van der Waals surface area contributed by atoms with E-state index in [1.165, 1.54) is 0 Å². The van der Waals surface area contributed by atoms with Crippen LogP contribution in [-0.2, 0) is 14.6 Å². The molecule has 3 heteroatoms. The molecule has 0 N–H and O–H groups in total. The lowest BCUT2D eigenvalue weighted by Crippen LogP contribution is -2.06. The van der Waals surface area contributed by atoms with Crippen LogP contribution in [0.25, 0.3) is 0 Å². The molecule has 0 unspecified atom stereocenters. The number of hydrogen-bond acceptors (Lipinski definition) is 3. The maximum Gasteiger partial charge on any atom is 0.368 e. The summed E-state index contributed by atoms with van der Waals surface area (Å²) >= 11 is 0. The van der Waals surface area contributed by atoms with Gasteiger partial charge in [-0.25, -0.2) is 4.79 Å². The van der Waals surface area contributed by atoms with Crippen LogP contribution < -0.4 is 0 Å². The first-order valence-electron chi connectivity index (χ1n) is 3.23. The second kappa shape index (κ2) is 4.99. The van der Waals surface area contributed by atoms with Crippen LogP contribution in [-0.4, -0.2) is 12.6 Å². The minimum absolute atomic E-state index is 0.364. The Morgan fingerprint density at radius 1 is 1.50 bits per heavy atom. The largest absolute Gasteiger partial charge is 0.368 e. The number of hydrogen-bond donors (Lipinski definition) is 0. The van der Waals surface area contributed by atoms with E-state index in [0.29, 0.717) is 18.6 Å². The lowest BCUT2D eigenvalue weighted by molar-refractivity contribution is -0.265. The van der Waals surface area contributed by atoms with Gasteiger partial charge in [0.1, 0.15) is 0 Å². The fourth-order valence-electron chi connectivity index (χ4n) is 0.316. The molecule has 0 aliphatic rings. The average molecular weight is 144 g/mol. The summed E-state index contributed by atoms with van der Waals surface area (Å²) in [5.74, 6) is -0.482. The van der Waals surface area contributed by atoms with Crippen molar-refractivity contribution in [3.63, 3.8) is 0 Å².